The third-order valence-corrected chi connectivity index (χ3v) is 7.60. The van der Waals surface area contributed by atoms with Gasteiger partial charge in [0.25, 0.3) is 0 Å². The summed E-state index contributed by atoms with van der Waals surface area (Å²) in [4.78, 5) is 19.7. The molecule has 0 aliphatic carbocycles. The number of ether oxygens (including phenoxy) is 1. The summed E-state index contributed by atoms with van der Waals surface area (Å²) in [6, 6.07) is 16.1. The number of hydrogen-bond donors (Lipinski definition) is 1. The fourth-order valence-corrected chi connectivity index (χ4v) is 5.65. The predicted molar refractivity (Wildman–Crippen MR) is 152 cm³/mol. The van der Waals surface area contributed by atoms with E-state index in [2.05, 4.69) is 67.3 Å². The van der Waals surface area contributed by atoms with Crippen LogP contribution in [0.5, 0.6) is 0 Å². The van der Waals surface area contributed by atoms with E-state index < -0.39 is 0 Å². The zero-order valence-electron chi connectivity index (χ0n) is 22.4. The van der Waals surface area contributed by atoms with E-state index in [4.69, 9.17) is 21.3 Å². The highest BCUT2D eigenvalue weighted by Crippen LogP contribution is 2.34. The molecule has 3 heterocycles. The van der Waals surface area contributed by atoms with E-state index in [-0.39, 0.29) is 12.0 Å². The maximum Gasteiger partial charge on any atom is 0.328 e. The minimum Gasteiger partial charge on any atom is -0.467 e. The lowest BCUT2D eigenvalue weighted by atomic mass is 9.98. The van der Waals surface area contributed by atoms with Crippen LogP contribution in [0.1, 0.15) is 56.8 Å². The first-order chi connectivity index (χ1) is 19.1. The van der Waals surface area contributed by atoms with Crippen LogP contribution >= 0.6 is 11.6 Å². The number of aryl methyl sites for hydroxylation is 1. The van der Waals surface area contributed by atoms with Crippen LogP contribution in [0.25, 0.3) is 22.5 Å². The number of tetrazole rings is 1. The van der Waals surface area contributed by atoms with Gasteiger partial charge >= 0.3 is 5.97 Å². The second-order valence-electron chi connectivity index (χ2n) is 9.89. The number of carbonyl (C=O) groups excluding carboxylic acids is 1. The highest BCUT2D eigenvalue weighted by atomic mass is 35.5. The van der Waals surface area contributed by atoms with Crippen LogP contribution in [0.4, 0.5) is 5.82 Å². The predicted octanol–water partition coefficient (Wildman–Crippen LogP) is 5.70. The fourth-order valence-electron chi connectivity index (χ4n) is 5.34. The van der Waals surface area contributed by atoms with Crippen molar-refractivity contribution in [3.8, 4) is 22.5 Å². The summed E-state index contributed by atoms with van der Waals surface area (Å²) in [7, 11) is 1.45. The molecule has 0 amide bonds. The molecule has 0 unspecified atom stereocenters. The number of anilines is 1. The Morgan fingerprint density at radius 3 is 2.62 bits per heavy atom. The molecule has 0 radical (unpaired) electrons. The van der Waals surface area contributed by atoms with Crippen molar-refractivity contribution in [2.24, 2.45) is 0 Å². The molecule has 9 nitrogen and oxygen atoms in total. The molecule has 10 heteroatoms. The van der Waals surface area contributed by atoms with Crippen LogP contribution in [0, 0.1) is 0 Å². The summed E-state index contributed by atoms with van der Waals surface area (Å²) in [5, 5.41) is 15.0. The number of carbonyl (C=O) groups is 1. The first kappa shape index (κ1) is 26.9. The quantitative estimate of drug-likeness (QED) is 0.268. The van der Waals surface area contributed by atoms with Crippen molar-refractivity contribution in [1.29, 1.82) is 0 Å². The lowest BCUT2D eigenvalue weighted by Gasteiger charge is -2.31. The maximum atomic E-state index is 12.8. The molecule has 4 aromatic rings. The van der Waals surface area contributed by atoms with Crippen LogP contribution in [0.2, 0.25) is 5.15 Å². The minimum atomic E-state index is -0.367. The Morgan fingerprint density at radius 2 is 1.90 bits per heavy atom. The van der Waals surface area contributed by atoms with Crippen LogP contribution in [-0.2, 0) is 22.5 Å². The number of benzene rings is 2. The monoisotopic (exact) mass is 547 g/mol. The minimum absolute atomic E-state index is 0.222. The average molecular weight is 548 g/mol. The van der Waals surface area contributed by atoms with Gasteiger partial charge in [0.05, 0.1) is 13.7 Å². The maximum absolute atomic E-state index is 12.8. The number of rotatable bonds is 9. The number of imidazole rings is 1. The molecule has 1 fully saturated rings. The standard InChI is InChI=1S/C29H34ClN7O2/c1-3-4-13-25-31-26(30)28(36-18-9-5-6-12-24(36)29(38)39-2)37(25)19-20-14-16-21(17-15-20)22-10-7-8-11-23(22)27-32-34-35-33-27/h7-8,10-11,14-17,24H,3-6,9,12-13,18-19H2,1-2H3,(H,32,33,34,35)/t24-/m0/s1. The number of aromatic nitrogens is 6. The second kappa shape index (κ2) is 12.4. The molecule has 2 aromatic carbocycles. The van der Waals surface area contributed by atoms with Crippen molar-refractivity contribution >= 4 is 23.4 Å². The topological polar surface area (TPSA) is 102 Å². The molecule has 1 aliphatic heterocycles. The van der Waals surface area contributed by atoms with E-state index in [0.717, 1.165) is 85.4 Å². The Labute approximate surface area is 233 Å². The second-order valence-corrected chi connectivity index (χ2v) is 10.2. The third kappa shape index (κ3) is 5.83. The zero-order chi connectivity index (χ0) is 27.2. The number of halogens is 1. The molecule has 2 aromatic heterocycles. The highest BCUT2D eigenvalue weighted by molar-refractivity contribution is 6.32. The number of unbranched alkanes of at least 4 members (excludes halogenated alkanes) is 1. The van der Waals surface area contributed by atoms with Gasteiger partial charge in [0.1, 0.15) is 17.7 Å². The number of nitrogens with zero attached hydrogens (tertiary/aromatic N) is 6. The lowest BCUT2D eigenvalue weighted by molar-refractivity contribution is -0.142. The van der Waals surface area contributed by atoms with E-state index in [0.29, 0.717) is 17.5 Å². The molecular weight excluding hydrogens is 514 g/mol. The Bertz CT molecular complexity index is 1390. The molecule has 1 saturated heterocycles. The smallest absolute Gasteiger partial charge is 0.328 e. The first-order valence-electron chi connectivity index (χ1n) is 13.6. The molecule has 1 atom stereocenters. The molecule has 5 rings (SSSR count). The van der Waals surface area contributed by atoms with Crippen LogP contribution in [0.3, 0.4) is 0 Å². The Hall–Kier alpha value is -3.72. The molecule has 39 heavy (non-hydrogen) atoms. The number of aromatic amines is 1. The summed E-state index contributed by atoms with van der Waals surface area (Å²) in [5.41, 5.74) is 4.13. The highest BCUT2D eigenvalue weighted by Gasteiger charge is 2.33. The van der Waals surface area contributed by atoms with Gasteiger partial charge in [0, 0.05) is 18.5 Å². The molecule has 1 N–H and O–H groups in total. The van der Waals surface area contributed by atoms with Crippen molar-refractivity contribution in [3.05, 3.63) is 65.1 Å². The third-order valence-electron chi connectivity index (χ3n) is 7.35. The van der Waals surface area contributed by atoms with Crippen LogP contribution in [0.15, 0.2) is 48.5 Å². The molecule has 0 saturated carbocycles. The number of esters is 1. The molecular formula is C29H34ClN7O2. The van der Waals surface area contributed by atoms with Gasteiger partial charge in [0.15, 0.2) is 5.15 Å². The largest absolute Gasteiger partial charge is 0.467 e. The summed E-state index contributed by atoms with van der Waals surface area (Å²) >= 11 is 6.82. The number of hydrogen-bond acceptors (Lipinski definition) is 7. The van der Waals surface area contributed by atoms with Crippen molar-refractivity contribution in [2.75, 3.05) is 18.6 Å². The Balaban J connectivity index is 1.49. The van der Waals surface area contributed by atoms with Crippen molar-refractivity contribution in [1.82, 2.24) is 30.2 Å². The fraction of sp³-hybridized carbons (Fsp3) is 0.414. The average Bonchev–Trinajstić information content (AvgIpc) is 3.53. The van der Waals surface area contributed by atoms with Crippen molar-refractivity contribution in [3.63, 3.8) is 0 Å². The van der Waals surface area contributed by atoms with E-state index in [9.17, 15) is 4.79 Å². The lowest BCUT2D eigenvalue weighted by Crippen LogP contribution is -2.43. The van der Waals surface area contributed by atoms with Gasteiger partial charge < -0.3 is 14.2 Å². The SMILES string of the molecule is CCCCc1nc(Cl)c(N2CCCCC[C@H]2C(=O)OC)n1Cc1ccc(-c2ccccc2-c2nn[nH]n2)cc1. The first-order valence-corrected chi connectivity index (χ1v) is 14.0. The molecule has 1 aliphatic rings. The molecule has 0 bridgehead atoms. The van der Waals surface area contributed by atoms with Gasteiger partial charge in [-0.1, -0.05) is 86.3 Å². The van der Waals surface area contributed by atoms with E-state index in [1.807, 2.05) is 18.2 Å². The van der Waals surface area contributed by atoms with Gasteiger partial charge in [0.2, 0.25) is 5.82 Å². The summed E-state index contributed by atoms with van der Waals surface area (Å²) in [6.07, 6.45) is 6.69. The normalized spacial score (nSPS) is 15.8. The van der Waals surface area contributed by atoms with E-state index in [1.165, 1.54) is 7.11 Å². The van der Waals surface area contributed by atoms with E-state index in [1.54, 1.807) is 0 Å². The Kier molecular flexibility index (Phi) is 8.56. The number of methoxy groups -OCH3 is 1. The Morgan fingerprint density at radius 1 is 1.10 bits per heavy atom. The van der Waals surface area contributed by atoms with Crippen LogP contribution < -0.4 is 4.90 Å². The molecule has 0 spiro atoms. The summed E-state index contributed by atoms with van der Waals surface area (Å²) < 4.78 is 7.39. The van der Waals surface area contributed by atoms with Gasteiger partial charge in [-0.05, 0) is 41.2 Å². The zero-order valence-corrected chi connectivity index (χ0v) is 23.2. The van der Waals surface area contributed by atoms with Crippen molar-refractivity contribution < 1.29 is 9.53 Å². The van der Waals surface area contributed by atoms with Crippen molar-refractivity contribution in [2.45, 2.75) is 64.5 Å². The van der Waals surface area contributed by atoms with Gasteiger partial charge in [-0.3, -0.25) is 0 Å². The molecule has 204 valence electrons. The van der Waals surface area contributed by atoms with Crippen LogP contribution in [-0.4, -0.2) is 55.8 Å². The van der Waals surface area contributed by atoms with Gasteiger partial charge in [-0.2, -0.15) is 5.21 Å². The summed E-state index contributed by atoms with van der Waals surface area (Å²) in [6.45, 7) is 3.51. The number of H-pyrrole nitrogens is 1. The van der Waals surface area contributed by atoms with Gasteiger partial charge in [-0.15, -0.1) is 10.2 Å². The summed E-state index contributed by atoms with van der Waals surface area (Å²) in [5.74, 6) is 2.09. The van der Waals surface area contributed by atoms with E-state index >= 15 is 0 Å². The number of nitrogens with one attached hydrogen (secondary N) is 1. The van der Waals surface area contributed by atoms with Gasteiger partial charge in [-0.25, -0.2) is 9.78 Å².